The third-order valence-electron chi connectivity index (χ3n) is 2.20. The molecular weight excluding hydrogens is 280 g/mol. The number of methoxy groups -OCH3 is 1. The van der Waals surface area contributed by atoms with Gasteiger partial charge in [0.25, 0.3) is 0 Å². The van der Waals surface area contributed by atoms with Gasteiger partial charge in [0, 0.05) is 9.79 Å². The normalized spacial score (nSPS) is 12.3. The van der Waals surface area contributed by atoms with E-state index in [1.54, 1.807) is 12.1 Å². The minimum Gasteiger partial charge on any atom is -0.467 e. The summed E-state index contributed by atoms with van der Waals surface area (Å²) in [4.78, 5) is 13.1. The van der Waals surface area contributed by atoms with Crippen molar-refractivity contribution in [3.8, 4) is 0 Å². The van der Waals surface area contributed by atoms with E-state index in [9.17, 15) is 9.90 Å². The Morgan fingerprint density at radius 1 is 1.41 bits per heavy atom. The van der Waals surface area contributed by atoms with Gasteiger partial charge in [-0.1, -0.05) is 11.6 Å². The molecule has 0 aliphatic heterocycles. The number of aliphatic hydroxyl groups excluding tert-OH is 1. The molecule has 0 saturated heterocycles. The molecule has 0 aliphatic rings. The molecule has 1 N–H and O–H groups in total. The first-order chi connectivity index (χ1) is 8.04. The third-order valence-corrected chi connectivity index (χ3v) is 4.35. The van der Waals surface area contributed by atoms with Gasteiger partial charge in [-0.25, -0.2) is 4.79 Å². The quantitative estimate of drug-likeness (QED) is 0.683. The van der Waals surface area contributed by atoms with Crippen LogP contribution < -0.4 is 0 Å². The van der Waals surface area contributed by atoms with Crippen LogP contribution in [-0.2, 0) is 9.53 Å². The lowest BCUT2D eigenvalue weighted by Gasteiger charge is -2.13. The van der Waals surface area contributed by atoms with Crippen LogP contribution in [0.25, 0.3) is 0 Å². The van der Waals surface area contributed by atoms with Crippen molar-refractivity contribution in [3.63, 3.8) is 0 Å². The fraction of sp³-hybridized carbons (Fsp3) is 0.364. The van der Waals surface area contributed by atoms with Crippen molar-refractivity contribution in [2.75, 3.05) is 19.6 Å². The fourth-order valence-corrected chi connectivity index (χ4v) is 3.42. The van der Waals surface area contributed by atoms with E-state index in [0.717, 1.165) is 9.79 Å². The average molecular weight is 293 g/mol. The molecule has 0 bridgehead atoms. The minimum atomic E-state index is -1.29. The molecule has 1 aromatic rings. The van der Waals surface area contributed by atoms with E-state index >= 15 is 0 Å². The summed E-state index contributed by atoms with van der Waals surface area (Å²) in [6, 6.07) is 3.35. The zero-order chi connectivity index (χ0) is 13.0. The number of carbonyl (C=O) groups excluding carboxylic acids is 1. The molecule has 0 amide bonds. The molecule has 3 nitrogen and oxygen atoms in total. The highest BCUT2D eigenvalue weighted by atomic mass is 35.5. The Labute approximate surface area is 114 Å². The van der Waals surface area contributed by atoms with Gasteiger partial charge in [-0.15, -0.1) is 23.5 Å². The number of rotatable bonds is 4. The van der Waals surface area contributed by atoms with Gasteiger partial charge in [0.15, 0.2) is 6.10 Å². The second-order valence-electron chi connectivity index (χ2n) is 3.16. The average Bonchev–Trinajstić information content (AvgIpc) is 2.35. The van der Waals surface area contributed by atoms with Crippen LogP contribution in [0.3, 0.4) is 0 Å². The van der Waals surface area contributed by atoms with Crippen LogP contribution in [0, 0.1) is 0 Å². The fourth-order valence-electron chi connectivity index (χ4n) is 1.34. The number of aliphatic hydroxyl groups is 1. The van der Waals surface area contributed by atoms with E-state index in [-0.39, 0.29) is 0 Å². The van der Waals surface area contributed by atoms with Crippen molar-refractivity contribution in [2.45, 2.75) is 15.9 Å². The number of thioether (sulfide) groups is 2. The highest BCUT2D eigenvalue weighted by molar-refractivity contribution is 8.01. The van der Waals surface area contributed by atoms with Crippen LogP contribution in [0.1, 0.15) is 11.7 Å². The van der Waals surface area contributed by atoms with Gasteiger partial charge in [-0.2, -0.15) is 0 Å². The molecule has 0 radical (unpaired) electrons. The number of hydrogen-bond donors (Lipinski definition) is 1. The number of carbonyl (C=O) groups is 1. The van der Waals surface area contributed by atoms with Gasteiger partial charge in [-0.3, -0.25) is 0 Å². The lowest BCUT2D eigenvalue weighted by Crippen LogP contribution is -2.13. The molecule has 0 spiro atoms. The van der Waals surface area contributed by atoms with Crippen LogP contribution in [0.4, 0.5) is 0 Å². The van der Waals surface area contributed by atoms with Crippen LogP contribution in [-0.4, -0.2) is 30.7 Å². The molecule has 1 rings (SSSR count). The van der Waals surface area contributed by atoms with E-state index in [2.05, 4.69) is 4.74 Å². The Balaban J connectivity index is 3.19. The van der Waals surface area contributed by atoms with Crippen LogP contribution >= 0.6 is 35.1 Å². The summed E-state index contributed by atoms with van der Waals surface area (Å²) >= 11 is 9.16. The number of hydrogen-bond acceptors (Lipinski definition) is 5. The second kappa shape index (κ2) is 6.54. The lowest BCUT2D eigenvalue weighted by molar-refractivity contribution is -0.150. The maximum Gasteiger partial charge on any atom is 0.339 e. The maximum absolute atomic E-state index is 11.3. The highest BCUT2D eigenvalue weighted by Crippen LogP contribution is 2.37. The molecule has 6 heteroatoms. The van der Waals surface area contributed by atoms with Gasteiger partial charge in [0.1, 0.15) is 0 Å². The van der Waals surface area contributed by atoms with Crippen molar-refractivity contribution >= 4 is 41.1 Å². The van der Waals surface area contributed by atoms with E-state index < -0.39 is 12.1 Å². The van der Waals surface area contributed by atoms with Crippen LogP contribution in [0.2, 0.25) is 5.02 Å². The molecule has 0 heterocycles. The van der Waals surface area contributed by atoms with Gasteiger partial charge >= 0.3 is 5.97 Å². The minimum absolute atomic E-state index is 0.448. The molecule has 1 atom stereocenters. The van der Waals surface area contributed by atoms with Crippen molar-refractivity contribution in [2.24, 2.45) is 0 Å². The summed E-state index contributed by atoms with van der Waals surface area (Å²) in [6.07, 6.45) is 2.55. The second-order valence-corrected chi connectivity index (χ2v) is 5.24. The zero-order valence-electron chi connectivity index (χ0n) is 9.69. The monoisotopic (exact) mass is 292 g/mol. The van der Waals surface area contributed by atoms with Gasteiger partial charge in [-0.05, 0) is 30.2 Å². The Morgan fingerprint density at radius 2 is 2.06 bits per heavy atom. The van der Waals surface area contributed by atoms with Crippen molar-refractivity contribution in [1.82, 2.24) is 0 Å². The molecular formula is C11H13ClO3S2. The summed E-state index contributed by atoms with van der Waals surface area (Å²) in [7, 11) is 1.24. The van der Waals surface area contributed by atoms with Gasteiger partial charge in [0.05, 0.1) is 12.1 Å². The van der Waals surface area contributed by atoms with E-state index in [0.29, 0.717) is 10.6 Å². The SMILES string of the molecule is COC(=O)C(O)c1cc(Cl)c(SC)c(SC)c1. The van der Waals surface area contributed by atoms with Gasteiger partial charge in [0.2, 0.25) is 0 Å². The Hall–Kier alpha value is -0.360. The van der Waals surface area contributed by atoms with E-state index in [1.165, 1.54) is 30.6 Å². The molecule has 94 valence electrons. The first kappa shape index (κ1) is 14.7. The largest absolute Gasteiger partial charge is 0.467 e. The first-order valence-corrected chi connectivity index (χ1v) is 7.55. The summed E-state index contributed by atoms with van der Waals surface area (Å²) in [5.74, 6) is -0.690. The van der Waals surface area contributed by atoms with Crippen LogP contribution in [0.15, 0.2) is 21.9 Å². The van der Waals surface area contributed by atoms with Crippen molar-refractivity contribution in [1.29, 1.82) is 0 Å². The van der Waals surface area contributed by atoms with E-state index in [1.807, 2.05) is 12.5 Å². The predicted octanol–water partition coefficient (Wildman–Crippen LogP) is 2.99. The molecule has 0 saturated carbocycles. The number of halogens is 1. The number of ether oxygens (including phenoxy) is 1. The summed E-state index contributed by atoms with van der Waals surface area (Å²) < 4.78 is 4.49. The van der Waals surface area contributed by atoms with E-state index in [4.69, 9.17) is 11.6 Å². The molecule has 0 aromatic heterocycles. The van der Waals surface area contributed by atoms with Gasteiger partial charge < -0.3 is 9.84 Å². The molecule has 0 fully saturated rings. The summed E-state index contributed by atoms with van der Waals surface area (Å²) in [6.45, 7) is 0. The topological polar surface area (TPSA) is 46.5 Å². The van der Waals surface area contributed by atoms with Crippen molar-refractivity contribution < 1.29 is 14.6 Å². The summed E-state index contributed by atoms with van der Waals surface area (Å²) in [5.41, 5.74) is 0.448. The number of esters is 1. The first-order valence-electron chi connectivity index (χ1n) is 4.72. The standard InChI is InChI=1S/C11H13ClO3S2/c1-15-11(14)9(13)6-4-7(12)10(17-3)8(5-6)16-2/h4-5,9,13H,1-3H3. The molecule has 17 heavy (non-hydrogen) atoms. The zero-order valence-corrected chi connectivity index (χ0v) is 12.1. The Bertz CT molecular complexity index is 423. The smallest absolute Gasteiger partial charge is 0.339 e. The number of benzene rings is 1. The highest BCUT2D eigenvalue weighted by Gasteiger charge is 2.20. The third kappa shape index (κ3) is 3.31. The molecule has 1 aromatic carbocycles. The molecule has 0 aliphatic carbocycles. The van der Waals surface area contributed by atoms with Crippen molar-refractivity contribution in [3.05, 3.63) is 22.7 Å². The van der Waals surface area contributed by atoms with Crippen LogP contribution in [0.5, 0.6) is 0 Å². The summed E-state index contributed by atoms with van der Waals surface area (Å²) in [5, 5.41) is 10.3. The Kier molecular flexibility index (Phi) is 5.66. The Morgan fingerprint density at radius 3 is 2.53 bits per heavy atom. The molecule has 1 unspecified atom stereocenters. The predicted molar refractivity (Wildman–Crippen MR) is 72.0 cm³/mol. The maximum atomic E-state index is 11.3. The lowest BCUT2D eigenvalue weighted by atomic mass is 10.1.